The van der Waals surface area contributed by atoms with E-state index in [1.54, 1.807) is 0 Å². The summed E-state index contributed by atoms with van der Waals surface area (Å²) in [6.45, 7) is 26.7. The second kappa shape index (κ2) is 14.4. The molecular formula is C60H48. The van der Waals surface area contributed by atoms with Crippen molar-refractivity contribution in [2.75, 3.05) is 0 Å². The number of hydrogen-bond donors (Lipinski definition) is 0. The Hall–Kier alpha value is -6.98. The van der Waals surface area contributed by atoms with Crippen molar-refractivity contribution in [2.45, 2.75) is 105 Å². The third kappa shape index (κ3) is 7.91. The molecule has 0 saturated heterocycles. The SMILES string of the molecule is CC(C)(C)c1ccc2c#cc3ccc4c#cc5cc(C(C)(C)C)ccc5c#cc5cc(C(C)(C)C)cc6c#cc7cc(C(C)(C)C)cc(c#cc2c1)c7c#cc3c4c#cc56. The van der Waals surface area contributed by atoms with Crippen molar-refractivity contribution < 1.29 is 0 Å². The normalized spacial score (nSPS) is 11.7. The summed E-state index contributed by atoms with van der Waals surface area (Å²) in [6, 6.07) is 75.8. The molecule has 8 aromatic rings. The van der Waals surface area contributed by atoms with Crippen molar-refractivity contribution in [1.29, 1.82) is 0 Å². The van der Waals surface area contributed by atoms with Gasteiger partial charge in [-0.15, -0.1) is 0 Å². The molecule has 0 aromatic heterocycles. The van der Waals surface area contributed by atoms with Crippen LogP contribution in [0.15, 0.2) is 72.8 Å². The summed E-state index contributed by atoms with van der Waals surface area (Å²) in [7, 11) is 0. The lowest BCUT2D eigenvalue weighted by Crippen LogP contribution is -2.10. The Kier molecular flexibility index (Phi) is 9.55. The zero-order valence-corrected chi connectivity index (χ0v) is 36.9. The second-order valence-corrected chi connectivity index (χ2v) is 20.1. The van der Waals surface area contributed by atoms with Crippen LogP contribution >= 0.6 is 0 Å². The number of hydrogen-bond acceptors (Lipinski definition) is 0. The summed E-state index contributed by atoms with van der Waals surface area (Å²) in [5.41, 5.74) is 4.19. The molecule has 0 nitrogen and oxygen atoms in total. The molecule has 60 heavy (non-hydrogen) atoms. The van der Waals surface area contributed by atoms with E-state index in [1.165, 1.54) is 11.1 Å². The van der Waals surface area contributed by atoms with Crippen LogP contribution in [0.2, 0.25) is 0 Å². The topological polar surface area (TPSA) is 0 Å². The van der Waals surface area contributed by atoms with Crippen LogP contribution in [0.4, 0.5) is 0 Å². The average Bonchev–Trinajstić information content (AvgIpc) is 3.16. The van der Waals surface area contributed by atoms with E-state index in [4.69, 9.17) is 0 Å². The molecule has 0 unspecified atom stereocenters. The van der Waals surface area contributed by atoms with Crippen molar-refractivity contribution >= 4 is 75.4 Å². The zero-order valence-electron chi connectivity index (χ0n) is 36.9. The Morgan fingerprint density at radius 3 is 0.767 bits per heavy atom. The number of rotatable bonds is 0. The molecule has 0 amide bonds. The fourth-order valence-corrected chi connectivity index (χ4v) is 7.25. The third-order valence-corrected chi connectivity index (χ3v) is 11.3. The van der Waals surface area contributed by atoms with Gasteiger partial charge in [0.1, 0.15) is 0 Å². The standard InChI is InChI=1S/C60H48/c1-57(2,3)49-28-26-40-14-21-45-35-51(59(7,8)9)37-47-23-24-48-38-52(60(10,11)12)36-46-22-20-44-34-50(58(4,5)6)27-25-39(44)13-15-41-16-17-42(18-19-43(40)33-49)56(32-29-53(45)47)55(41)31-30-54(46)48/h16-17,25-28,33-38H,1-12H3. The molecule has 0 spiro atoms. The van der Waals surface area contributed by atoms with E-state index >= 15 is 0 Å². The van der Waals surface area contributed by atoms with Crippen LogP contribution in [-0.2, 0) is 21.7 Å². The maximum atomic E-state index is 3.63. The molecule has 0 heteroatoms. The van der Waals surface area contributed by atoms with Crippen LogP contribution in [0.3, 0.4) is 0 Å². The molecule has 0 heterocycles. The van der Waals surface area contributed by atoms with Gasteiger partial charge in [-0.1, -0.05) is 180 Å². The lowest BCUT2D eigenvalue weighted by atomic mass is 9.85. The lowest BCUT2D eigenvalue weighted by molar-refractivity contribution is 0.591. The molecule has 8 aromatic carbocycles. The molecular weight excluding hydrogens is 721 g/mol. The first-order chi connectivity index (χ1) is 28.2. The first-order valence-electron chi connectivity index (χ1n) is 20.7. The first-order valence-corrected chi connectivity index (χ1v) is 20.7. The van der Waals surface area contributed by atoms with Crippen LogP contribution in [0.5, 0.6) is 0 Å². The molecule has 0 atom stereocenters. The van der Waals surface area contributed by atoms with E-state index in [0.717, 1.165) is 86.5 Å². The Morgan fingerprint density at radius 1 is 0.217 bits per heavy atom. The minimum atomic E-state index is -0.172. The molecule has 0 aliphatic heterocycles. The van der Waals surface area contributed by atoms with Crippen molar-refractivity contribution in [2.24, 2.45) is 0 Å². The smallest absolute Gasteiger partial charge is 0.0575 e. The van der Waals surface area contributed by atoms with E-state index < -0.39 is 0 Å². The first kappa shape index (κ1) is 39.8. The van der Waals surface area contributed by atoms with Crippen molar-refractivity contribution in [1.82, 2.24) is 0 Å². The monoisotopic (exact) mass is 768 g/mol. The summed E-state index contributed by atoms with van der Waals surface area (Å²) in [4.78, 5) is 0. The summed E-state index contributed by atoms with van der Waals surface area (Å²) in [5, 5.41) is 11.4. The van der Waals surface area contributed by atoms with E-state index in [2.05, 4.69) is 229 Å². The van der Waals surface area contributed by atoms with Crippen LogP contribution < -0.4 is 0 Å². The molecule has 0 aliphatic rings. The van der Waals surface area contributed by atoms with Crippen molar-refractivity contribution in [3.05, 3.63) is 180 Å². The summed E-state index contributed by atoms with van der Waals surface area (Å²) in [5.74, 6) is 0. The molecule has 4 bridgehead atoms. The average molecular weight is 769 g/mol. The highest BCUT2D eigenvalue weighted by Crippen LogP contribution is 2.31. The van der Waals surface area contributed by atoms with Gasteiger partial charge in [0, 0.05) is 53.9 Å². The Balaban J connectivity index is 1.69. The molecule has 0 aliphatic carbocycles. The molecule has 0 fully saturated rings. The molecule has 0 radical (unpaired) electrons. The fraction of sp³-hybridized carbons (Fsp3) is 0.267. The van der Waals surface area contributed by atoms with E-state index in [1.807, 2.05) is 12.1 Å². The van der Waals surface area contributed by atoms with Gasteiger partial charge in [0.25, 0.3) is 0 Å². The van der Waals surface area contributed by atoms with Gasteiger partial charge < -0.3 is 0 Å². The summed E-state index contributed by atoms with van der Waals surface area (Å²) in [6.07, 6.45) is 0. The van der Waals surface area contributed by atoms with Crippen LogP contribution in [0.1, 0.15) is 105 Å². The molecule has 288 valence electrons. The second-order valence-electron chi connectivity index (χ2n) is 20.1. The molecule has 8 rings (SSSR count). The lowest BCUT2D eigenvalue weighted by Gasteiger charge is -2.19. The third-order valence-electron chi connectivity index (χ3n) is 11.3. The van der Waals surface area contributed by atoms with Crippen LogP contribution in [0.25, 0.3) is 75.4 Å². The van der Waals surface area contributed by atoms with Gasteiger partial charge in [-0.25, -0.2) is 0 Å². The Bertz CT molecular complexity index is 3160. The highest BCUT2D eigenvalue weighted by atomic mass is 14.2. The fourth-order valence-electron chi connectivity index (χ4n) is 7.25. The van der Waals surface area contributed by atoms with Gasteiger partial charge in [0.2, 0.25) is 0 Å². The predicted molar refractivity (Wildman–Crippen MR) is 252 cm³/mol. The van der Waals surface area contributed by atoms with E-state index in [-0.39, 0.29) is 21.7 Å². The van der Waals surface area contributed by atoms with Gasteiger partial charge in [-0.3, -0.25) is 0 Å². The number of benzene rings is 5. The Morgan fingerprint density at radius 2 is 0.450 bits per heavy atom. The van der Waals surface area contributed by atoms with Crippen molar-refractivity contribution in [3.8, 4) is 0 Å². The number of fused-ring (bicyclic) bond motifs is 2. The highest BCUT2D eigenvalue weighted by Gasteiger charge is 2.18. The van der Waals surface area contributed by atoms with Gasteiger partial charge in [-0.2, -0.15) is 0 Å². The maximum absolute atomic E-state index is 3.63. The Labute approximate surface area is 358 Å². The minimum Gasteiger partial charge on any atom is -0.0603 e. The van der Waals surface area contributed by atoms with Crippen LogP contribution in [-0.4, -0.2) is 0 Å². The zero-order chi connectivity index (χ0) is 42.8. The van der Waals surface area contributed by atoms with Gasteiger partial charge >= 0.3 is 0 Å². The maximum Gasteiger partial charge on any atom is 0.0575 e. The van der Waals surface area contributed by atoms with E-state index in [9.17, 15) is 0 Å². The highest BCUT2D eigenvalue weighted by molar-refractivity contribution is 6.06. The molecule has 0 N–H and O–H groups in total. The summed E-state index contributed by atoms with van der Waals surface area (Å²) < 4.78 is 0. The predicted octanol–water partition coefficient (Wildman–Crippen LogP) is 15.0. The van der Waals surface area contributed by atoms with Gasteiger partial charge in [-0.05, 0) is 105 Å². The summed E-state index contributed by atoms with van der Waals surface area (Å²) >= 11 is 0. The largest absolute Gasteiger partial charge is 0.0603 e. The van der Waals surface area contributed by atoms with Gasteiger partial charge in [0.05, 0.1) is 21.5 Å². The quantitative estimate of drug-likeness (QED) is 0.144. The van der Waals surface area contributed by atoms with E-state index in [0.29, 0.717) is 0 Å². The van der Waals surface area contributed by atoms with Crippen LogP contribution in [0, 0.1) is 84.9 Å². The van der Waals surface area contributed by atoms with Gasteiger partial charge in [0.15, 0.2) is 0 Å². The minimum absolute atomic E-state index is 0.0609. The molecule has 0 saturated carbocycles. The van der Waals surface area contributed by atoms with Crippen molar-refractivity contribution in [3.63, 3.8) is 0 Å².